The van der Waals surface area contributed by atoms with Crippen molar-refractivity contribution >= 4 is 39.5 Å². The number of fused-ring (bicyclic) bond motifs is 1. The zero-order valence-electron chi connectivity index (χ0n) is 14.5. The summed E-state index contributed by atoms with van der Waals surface area (Å²) in [6.07, 6.45) is 2.19. The van der Waals surface area contributed by atoms with Crippen LogP contribution in [-0.4, -0.2) is 22.4 Å². The zero-order chi connectivity index (χ0) is 18.8. The highest BCUT2D eigenvalue weighted by molar-refractivity contribution is 7.15. The van der Waals surface area contributed by atoms with Crippen LogP contribution in [0.15, 0.2) is 60.1 Å². The van der Waals surface area contributed by atoms with Crippen LogP contribution in [0.4, 0.5) is 5.69 Å². The molecule has 5 nitrogen and oxygen atoms in total. The van der Waals surface area contributed by atoms with Crippen molar-refractivity contribution < 1.29 is 9.53 Å². The molecule has 0 aliphatic heterocycles. The van der Waals surface area contributed by atoms with E-state index in [0.717, 1.165) is 21.9 Å². The van der Waals surface area contributed by atoms with Gasteiger partial charge in [-0.05, 0) is 24.3 Å². The molecular formula is C20H16ClN3O2S. The third kappa shape index (κ3) is 3.67. The van der Waals surface area contributed by atoms with Gasteiger partial charge < -0.3 is 10.1 Å². The quantitative estimate of drug-likeness (QED) is 0.520. The van der Waals surface area contributed by atoms with E-state index in [1.54, 1.807) is 7.11 Å². The minimum Gasteiger partial charge on any atom is -0.495 e. The minimum absolute atomic E-state index is 0.110. The average Bonchev–Trinajstić information content (AvgIpc) is 3.25. The molecule has 4 rings (SSSR count). The van der Waals surface area contributed by atoms with Gasteiger partial charge in [-0.3, -0.25) is 9.20 Å². The van der Waals surface area contributed by atoms with Crippen molar-refractivity contribution in [1.82, 2.24) is 9.38 Å². The highest BCUT2D eigenvalue weighted by atomic mass is 35.5. The molecule has 0 aliphatic carbocycles. The summed E-state index contributed by atoms with van der Waals surface area (Å²) in [7, 11) is 1.58. The van der Waals surface area contributed by atoms with E-state index in [0.29, 0.717) is 16.5 Å². The Kier molecular flexibility index (Phi) is 4.83. The molecule has 0 radical (unpaired) electrons. The van der Waals surface area contributed by atoms with Gasteiger partial charge in [0.2, 0.25) is 5.91 Å². The Morgan fingerprint density at radius 1 is 1.22 bits per heavy atom. The molecule has 0 saturated heterocycles. The SMILES string of the molecule is COc1ccccc1NC(=O)Cc1csc2nc(-c3ccc(Cl)cc3)cn12. The Bertz CT molecular complexity index is 1100. The van der Waals surface area contributed by atoms with Crippen LogP contribution in [0.2, 0.25) is 5.02 Å². The van der Waals surface area contributed by atoms with Gasteiger partial charge in [-0.1, -0.05) is 35.9 Å². The molecule has 0 unspecified atom stereocenters. The highest BCUT2D eigenvalue weighted by Gasteiger charge is 2.14. The van der Waals surface area contributed by atoms with E-state index in [-0.39, 0.29) is 12.3 Å². The van der Waals surface area contributed by atoms with Gasteiger partial charge in [-0.2, -0.15) is 0 Å². The maximum atomic E-state index is 12.5. The fourth-order valence-corrected chi connectivity index (χ4v) is 3.82. The topological polar surface area (TPSA) is 55.6 Å². The van der Waals surface area contributed by atoms with Gasteiger partial charge in [0, 0.05) is 27.9 Å². The first-order chi connectivity index (χ1) is 13.1. The lowest BCUT2D eigenvalue weighted by molar-refractivity contribution is -0.115. The second-order valence-corrected chi connectivity index (χ2v) is 7.21. The number of nitrogens with one attached hydrogen (secondary N) is 1. The number of methoxy groups -OCH3 is 1. The summed E-state index contributed by atoms with van der Waals surface area (Å²) in [5.41, 5.74) is 3.38. The summed E-state index contributed by atoms with van der Waals surface area (Å²) < 4.78 is 7.23. The molecule has 0 spiro atoms. The number of carbonyl (C=O) groups excluding carboxylic acids is 1. The lowest BCUT2D eigenvalue weighted by Gasteiger charge is -2.09. The Balaban J connectivity index is 1.55. The summed E-state index contributed by atoms with van der Waals surface area (Å²) in [5, 5.41) is 5.54. The Morgan fingerprint density at radius 2 is 2.00 bits per heavy atom. The lowest BCUT2D eigenvalue weighted by atomic mass is 10.2. The van der Waals surface area contributed by atoms with Crippen LogP contribution < -0.4 is 10.1 Å². The molecule has 2 heterocycles. The van der Waals surface area contributed by atoms with E-state index < -0.39 is 0 Å². The molecule has 4 aromatic rings. The third-order valence-electron chi connectivity index (χ3n) is 4.15. The molecule has 0 bridgehead atoms. The number of para-hydroxylation sites is 2. The molecule has 27 heavy (non-hydrogen) atoms. The maximum absolute atomic E-state index is 12.5. The van der Waals surface area contributed by atoms with Crippen molar-refractivity contribution in [2.75, 3.05) is 12.4 Å². The summed E-state index contributed by atoms with van der Waals surface area (Å²) in [6, 6.07) is 14.9. The van der Waals surface area contributed by atoms with Crippen molar-refractivity contribution in [3.8, 4) is 17.0 Å². The van der Waals surface area contributed by atoms with Crippen LogP contribution in [0.1, 0.15) is 5.69 Å². The number of hydrogen-bond acceptors (Lipinski definition) is 4. The van der Waals surface area contributed by atoms with E-state index in [2.05, 4.69) is 10.3 Å². The number of amides is 1. The van der Waals surface area contributed by atoms with Gasteiger partial charge in [0.1, 0.15) is 5.75 Å². The second-order valence-electron chi connectivity index (χ2n) is 5.94. The van der Waals surface area contributed by atoms with Crippen LogP contribution in [0, 0.1) is 0 Å². The molecule has 0 atom stereocenters. The molecule has 2 aromatic carbocycles. The van der Waals surface area contributed by atoms with Gasteiger partial charge in [0.05, 0.1) is 24.9 Å². The number of benzene rings is 2. The fourth-order valence-electron chi connectivity index (χ4n) is 2.82. The molecule has 2 aromatic heterocycles. The first kappa shape index (κ1) is 17.6. The van der Waals surface area contributed by atoms with E-state index >= 15 is 0 Å². The molecule has 7 heteroatoms. The maximum Gasteiger partial charge on any atom is 0.230 e. The third-order valence-corrected chi connectivity index (χ3v) is 5.29. The average molecular weight is 398 g/mol. The monoisotopic (exact) mass is 397 g/mol. The predicted molar refractivity (Wildman–Crippen MR) is 109 cm³/mol. The standard InChI is InChI=1S/C20H16ClN3O2S/c1-26-18-5-3-2-4-16(18)22-19(25)10-15-12-27-20-23-17(11-24(15)20)13-6-8-14(21)9-7-13/h2-9,11-12H,10H2,1H3,(H,22,25). The van der Waals surface area contributed by atoms with Crippen molar-refractivity contribution in [3.05, 3.63) is 70.8 Å². The van der Waals surface area contributed by atoms with Crippen molar-refractivity contribution in [2.24, 2.45) is 0 Å². The van der Waals surface area contributed by atoms with E-state index in [4.69, 9.17) is 16.3 Å². The smallest absolute Gasteiger partial charge is 0.230 e. The van der Waals surface area contributed by atoms with Crippen LogP contribution in [0.5, 0.6) is 5.75 Å². The van der Waals surface area contributed by atoms with Crippen LogP contribution in [0.25, 0.3) is 16.2 Å². The first-order valence-corrected chi connectivity index (χ1v) is 9.54. The summed E-state index contributed by atoms with van der Waals surface area (Å²) >= 11 is 7.46. The van der Waals surface area contributed by atoms with E-state index in [1.165, 1.54) is 11.3 Å². The Hall–Kier alpha value is -2.83. The first-order valence-electron chi connectivity index (χ1n) is 8.28. The number of ether oxygens (including phenoxy) is 1. The van der Waals surface area contributed by atoms with Gasteiger partial charge in [0.15, 0.2) is 4.96 Å². The van der Waals surface area contributed by atoms with E-state index in [1.807, 2.05) is 64.5 Å². The second kappa shape index (κ2) is 7.42. The summed E-state index contributed by atoms with van der Waals surface area (Å²) in [6.45, 7) is 0. The minimum atomic E-state index is -0.110. The Labute approximate surface area is 165 Å². The van der Waals surface area contributed by atoms with Gasteiger partial charge in [-0.15, -0.1) is 11.3 Å². The highest BCUT2D eigenvalue weighted by Crippen LogP contribution is 2.26. The molecule has 0 fully saturated rings. The number of anilines is 1. The molecule has 0 aliphatic rings. The largest absolute Gasteiger partial charge is 0.495 e. The van der Waals surface area contributed by atoms with Crippen molar-refractivity contribution in [2.45, 2.75) is 6.42 Å². The normalized spacial score (nSPS) is 10.9. The number of halogens is 1. The number of nitrogens with zero attached hydrogens (tertiary/aromatic N) is 2. The molecule has 136 valence electrons. The fraction of sp³-hybridized carbons (Fsp3) is 0.100. The number of imidazole rings is 1. The number of rotatable bonds is 5. The molecule has 1 amide bonds. The molecule has 0 saturated carbocycles. The van der Waals surface area contributed by atoms with E-state index in [9.17, 15) is 4.79 Å². The van der Waals surface area contributed by atoms with Crippen molar-refractivity contribution in [1.29, 1.82) is 0 Å². The molecule has 1 N–H and O–H groups in total. The number of carbonyl (C=O) groups is 1. The number of thiazole rings is 1. The van der Waals surface area contributed by atoms with Crippen LogP contribution >= 0.6 is 22.9 Å². The van der Waals surface area contributed by atoms with Crippen molar-refractivity contribution in [3.63, 3.8) is 0 Å². The van der Waals surface area contributed by atoms with Gasteiger partial charge in [0.25, 0.3) is 0 Å². The van der Waals surface area contributed by atoms with Gasteiger partial charge >= 0.3 is 0 Å². The number of hydrogen-bond donors (Lipinski definition) is 1. The van der Waals surface area contributed by atoms with Crippen LogP contribution in [0.3, 0.4) is 0 Å². The Morgan fingerprint density at radius 3 is 2.78 bits per heavy atom. The van der Waals surface area contributed by atoms with Gasteiger partial charge in [-0.25, -0.2) is 4.98 Å². The number of aromatic nitrogens is 2. The summed E-state index contributed by atoms with van der Waals surface area (Å²) in [4.78, 5) is 18.0. The van der Waals surface area contributed by atoms with Crippen LogP contribution in [-0.2, 0) is 11.2 Å². The molecular weight excluding hydrogens is 382 g/mol. The summed E-state index contributed by atoms with van der Waals surface area (Å²) in [5.74, 6) is 0.523. The lowest BCUT2D eigenvalue weighted by Crippen LogP contribution is -2.15. The predicted octanol–water partition coefficient (Wildman–Crippen LogP) is 4.91. The zero-order valence-corrected chi connectivity index (χ0v) is 16.1.